The van der Waals surface area contributed by atoms with Gasteiger partial charge in [-0.25, -0.2) is 4.39 Å². The standard InChI is InChI=1S/C11H11BrFNO2/c1-7(15)4-11(16)14-6-8-5-9(12)2-3-10(8)13/h2-3,5H,4,6H2,1H3,(H,14,16). The molecule has 1 aromatic carbocycles. The minimum absolute atomic E-state index is 0.0807. The normalized spacial score (nSPS) is 9.94. The molecule has 3 nitrogen and oxygen atoms in total. The third-order valence-electron chi connectivity index (χ3n) is 1.89. The van der Waals surface area contributed by atoms with Gasteiger partial charge < -0.3 is 5.32 Å². The highest BCUT2D eigenvalue weighted by molar-refractivity contribution is 9.10. The molecule has 0 bridgehead atoms. The third-order valence-corrected chi connectivity index (χ3v) is 2.39. The van der Waals surface area contributed by atoms with Gasteiger partial charge >= 0.3 is 0 Å². The van der Waals surface area contributed by atoms with E-state index in [1.807, 2.05) is 0 Å². The Bertz CT molecular complexity index is 420. The van der Waals surface area contributed by atoms with Crippen molar-refractivity contribution in [3.63, 3.8) is 0 Å². The summed E-state index contributed by atoms with van der Waals surface area (Å²) in [7, 11) is 0. The Morgan fingerprint density at radius 3 is 2.75 bits per heavy atom. The van der Waals surface area contributed by atoms with Gasteiger partial charge in [-0.05, 0) is 25.1 Å². The largest absolute Gasteiger partial charge is 0.352 e. The van der Waals surface area contributed by atoms with Crippen LogP contribution in [0.2, 0.25) is 0 Å². The lowest BCUT2D eigenvalue weighted by molar-refractivity contribution is -0.127. The Kier molecular flexibility index (Phi) is 4.61. The fourth-order valence-corrected chi connectivity index (χ4v) is 1.57. The van der Waals surface area contributed by atoms with Crippen molar-refractivity contribution in [3.8, 4) is 0 Å². The van der Waals surface area contributed by atoms with E-state index in [1.54, 1.807) is 12.1 Å². The molecule has 86 valence electrons. The van der Waals surface area contributed by atoms with Crippen molar-refractivity contribution >= 4 is 27.6 Å². The van der Waals surface area contributed by atoms with Crippen LogP contribution in [0.15, 0.2) is 22.7 Å². The summed E-state index contributed by atoms with van der Waals surface area (Å²) in [4.78, 5) is 21.8. The van der Waals surface area contributed by atoms with Gasteiger partial charge in [0, 0.05) is 16.6 Å². The maximum Gasteiger partial charge on any atom is 0.227 e. The van der Waals surface area contributed by atoms with E-state index < -0.39 is 5.91 Å². The molecule has 1 rings (SSSR count). The molecule has 0 aliphatic heterocycles. The minimum Gasteiger partial charge on any atom is -0.352 e. The highest BCUT2D eigenvalue weighted by Gasteiger charge is 2.07. The molecule has 0 aliphatic rings. The van der Waals surface area contributed by atoms with E-state index in [1.165, 1.54) is 13.0 Å². The second-order valence-corrected chi connectivity index (χ2v) is 4.31. The van der Waals surface area contributed by atoms with Crippen molar-refractivity contribution in [3.05, 3.63) is 34.1 Å². The lowest BCUT2D eigenvalue weighted by atomic mass is 10.2. The second-order valence-electron chi connectivity index (χ2n) is 3.39. The molecule has 0 spiro atoms. The molecular formula is C11H11BrFNO2. The third kappa shape index (κ3) is 4.10. The topological polar surface area (TPSA) is 46.2 Å². The van der Waals surface area contributed by atoms with Crippen LogP contribution in [0.3, 0.4) is 0 Å². The molecule has 1 N–H and O–H groups in total. The molecule has 0 atom stereocenters. The summed E-state index contributed by atoms with van der Waals surface area (Å²) in [6.07, 6.45) is -0.171. The Hall–Kier alpha value is -1.23. The van der Waals surface area contributed by atoms with Crippen LogP contribution < -0.4 is 5.32 Å². The smallest absolute Gasteiger partial charge is 0.227 e. The summed E-state index contributed by atoms with van der Waals surface area (Å²) in [5.41, 5.74) is 0.381. The second kappa shape index (κ2) is 5.75. The molecule has 1 aromatic rings. The van der Waals surface area contributed by atoms with E-state index in [0.717, 1.165) is 4.47 Å². The van der Waals surface area contributed by atoms with Crippen molar-refractivity contribution in [2.24, 2.45) is 0 Å². The molecule has 1 amide bonds. The van der Waals surface area contributed by atoms with Crippen LogP contribution in [-0.4, -0.2) is 11.7 Å². The van der Waals surface area contributed by atoms with E-state index in [4.69, 9.17) is 0 Å². The molecule has 0 fully saturated rings. The molecule has 0 saturated heterocycles. The van der Waals surface area contributed by atoms with Crippen LogP contribution in [0.25, 0.3) is 0 Å². The first kappa shape index (κ1) is 12.8. The summed E-state index contributed by atoms with van der Waals surface area (Å²) in [6, 6.07) is 4.48. The van der Waals surface area contributed by atoms with Crippen LogP contribution in [0.5, 0.6) is 0 Å². The highest BCUT2D eigenvalue weighted by Crippen LogP contribution is 2.15. The summed E-state index contributed by atoms with van der Waals surface area (Å²) in [5.74, 6) is -0.995. The first-order valence-electron chi connectivity index (χ1n) is 4.69. The number of Topliss-reactive ketones (excluding diaryl/α,β-unsaturated/α-hetero) is 1. The van der Waals surface area contributed by atoms with E-state index in [9.17, 15) is 14.0 Å². The molecule has 0 unspecified atom stereocenters. The summed E-state index contributed by atoms with van der Waals surface area (Å²) >= 11 is 3.21. The molecular weight excluding hydrogens is 277 g/mol. The number of halogens is 2. The number of carbonyl (C=O) groups is 2. The molecule has 0 heterocycles. The van der Waals surface area contributed by atoms with Gasteiger partial charge in [-0.2, -0.15) is 0 Å². The fraction of sp³-hybridized carbons (Fsp3) is 0.273. The Morgan fingerprint density at radius 1 is 1.44 bits per heavy atom. The van der Waals surface area contributed by atoms with Crippen LogP contribution in [-0.2, 0) is 16.1 Å². The first-order chi connectivity index (χ1) is 7.49. The van der Waals surface area contributed by atoms with E-state index in [0.29, 0.717) is 5.56 Å². The van der Waals surface area contributed by atoms with Gasteiger partial charge in [-0.15, -0.1) is 0 Å². The van der Waals surface area contributed by atoms with E-state index in [2.05, 4.69) is 21.2 Å². The molecule has 0 saturated carbocycles. The fourth-order valence-electron chi connectivity index (χ4n) is 1.16. The molecule has 0 aromatic heterocycles. The summed E-state index contributed by atoms with van der Waals surface area (Å²) in [5, 5.41) is 2.48. The van der Waals surface area contributed by atoms with Gasteiger partial charge in [0.15, 0.2) is 0 Å². The maximum atomic E-state index is 13.2. The predicted molar refractivity (Wildman–Crippen MR) is 61.2 cm³/mol. The Balaban J connectivity index is 2.57. The van der Waals surface area contributed by atoms with Crippen LogP contribution in [0, 0.1) is 5.82 Å². The minimum atomic E-state index is -0.396. The van der Waals surface area contributed by atoms with Crippen LogP contribution >= 0.6 is 15.9 Å². The van der Waals surface area contributed by atoms with Gasteiger partial charge in [-0.1, -0.05) is 15.9 Å². The molecule has 16 heavy (non-hydrogen) atoms. The molecule has 0 radical (unpaired) electrons. The summed E-state index contributed by atoms with van der Waals surface area (Å²) in [6.45, 7) is 1.41. The number of rotatable bonds is 4. The monoisotopic (exact) mass is 287 g/mol. The van der Waals surface area contributed by atoms with Gasteiger partial charge in [0.2, 0.25) is 5.91 Å². The van der Waals surface area contributed by atoms with Crippen molar-refractivity contribution in [1.82, 2.24) is 5.32 Å². The van der Waals surface area contributed by atoms with Gasteiger partial charge in [-0.3, -0.25) is 9.59 Å². The zero-order valence-electron chi connectivity index (χ0n) is 8.72. The Morgan fingerprint density at radius 2 is 2.12 bits per heavy atom. The number of carbonyl (C=O) groups excluding carboxylic acids is 2. The lowest BCUT2D eigenvalue weighted by Crippen LogP contribution is -2.24. The zero-order valence-corrected chi connectivity index (χ0v) is 10.3. The Labute approximate surface area is 101 Å². The van der Waals surface area contributed by atoms with Crippen molar-refractivity contribution in [2.45, 2.75) is 19.9 Å². The maximum absolute atomic E-state index is 13.2. The molecule has 5 heteroatoms. The number of benzene rings is 1. The van der Waals surface area contributed by atoms with Crippen molar-refractivity contribution < 1.29 is 14.0 Å². The van der Waals surface area contributed by atoms with Crippen molar-refractivity contribution in [1.29, 1.82) is 0 Å². The highest BCUT2D eigenvalue weighted by atomic mass is 79.9. The quantitative estimate of drug-likeness (QED) is 0.863. The number of hydrogen-bond acceptors (Lipinski definition) is 2. The average Bonchev–Trinajstić information content (AvgIpc) is 2.18. The molecule has 0 aliphatic carbocycles. The summed E-state index contributed by atoms with van der Waals surface area (Å²) < 4.78 is 14.0. The first-order valence-corrected chi connectivity index (χ1v) is 5.48. The van der Waals surface area contributed by atoms with Crippen LogP contribution in [0.1, 0.15) is 18.9 Å². The number of nitrogens with one attached hydrogen (secondary N) is 1. The average molecular weight is 288 g/mol. The predicted octanol–water partition coefficient (Wildman–Crippen LogP) is 2.18. The van der Waals surface area contributed by atoms with E-state index in [-0.39, 0.29) is 24.6 Å². The van der Waals surface area contributed by atoms with Gasteiger partial charge in [0.25, 0.3) is 0 Å². The van der Waals surface area contributed by atoms with Crippen LogP contribution in [0.4, 0.5) is 4.39 Å². The number of amides is 1. The zero-order chi connectivity index (χ0) is 12.1. The van der Waals surface area contributed by atoms with Gasteiger partial charge in [0.05, 0.1) is 6.42 Å². The number of hydrogen-bond donors (Lipinski definition) is 1. The lowest BCUT2D eigenvalue weighted by Gasteiger charge is -2.05. The van der Waals surface area contributed by atoms with Gasteiger partial charge in [0.1, 0.15) is 11.6 Å². The van der Waals surface area contributed by atoms with Crippen molar-refractivity contribution in [2.75, 3.05) is 0 Å². The SMILES string of the molecule is CC(=O)CC(=O)NCc1cc(Br)ccc1F. The van der Waals surface area contributed by atoms with E-state index >= 15 is 0 Å². The number of ketones is 1.